The van der Waals surface area contributed by atoms with Gasteiger partial charge in [-0.05, 0) is 17.7 Å². The molecule has 1 aliphatic rings. The molecule has 0 atom stereocenters. The number of rotatable bonds is 4. The largest absolute Gasteiger partial charge is 0.399 e. The number of sulfonamides is 2. The van der Waals surface area contributed by atoms with Gasteiger partial charge < -0.3 is 5.73 Å². The first-order valence-corrected chi connectivity index (χ1v) is 9.91. The van der Waals surface area contributed by atoms with E-state index in [4.69, 9.17) is 5.73 Å². The van der Waals surface area contributed by atoms with Crippen LogP contribution in [0.2, 0.25) is 0 Å². The van der Waals surface area contributed by atoms with Gasteiger partial charge >= 0.3 is 0 Å². The molecule has 0 saturated carbocycles. The predicted octanol–water partition coefficient (Wildman–Crippen LogP) is -0.324. The Morgan fingerprint density at radius 3 is 2.14 bits per heavy atom. The first-order chi connectivity index (χ1) is 9.68. The molecule has 1 fully saturated rings. The monoisotopic (exact) mass is 333 g/mol. The molecule has 0 radical (unpaired) electrons. The van der Waals surface area contributed by atoms with Crippen LogP contribution in [0.5, 0.6) is 0 Å². The fourth-order valence-electron chi connectivity index (χ4n) is 2.26. The number of nitrogen functional groups attached to an aromatic ring is 1. The summed E-state index contributed by atoms with van der Waals surface area (Å²) in [5.74, 6) is -0.128. The Morgan fingerprint density at radius 1 is 1.05 bits per heavy atom. The number of piperazine rings is 1. The third-order valence-electron chi connectivity index (χ3n) is 3.36. The van der Waals surface area contributed by atoms with E-state index in [2.05, 4.69) is 0 Å². The molecule has 0 unspecified atom stereocenters. The smallest absolute Gasteiger partial charge is 0.218 e. The quantitative estimate of drug-likeness (QED) is 0.761. The van der Waals surface area contributed by atoms with Crippen LogP contribution in [0.25, 0.3) is 0 Å². The van der Waals surface area contributed by atoms with Gasteiger partial charge in [-0.25, -0.2) is 16.8 Å². The van der Waals surface area contributed by atoms with Crippen LogP contribution >= 0.6 is 0 Å². The minimum atomic E-state index is -3.47. The number of hydrogen-bond donors (Lipinski definition) is 1. The minimum absolute atomic E-state index is 0.128. The molecule has 0 amide bonds. The average molecular weight is 333 g/mol. The first-order valence-electron chi connectivity index (χ1n) is 6.46. The molecule has 0 aromatic heterocycles. The lowest BCUT2D eigenvalue weighted by molar-refractivity contribution is 0.274. The summed E-state index contributed by atoms with van der Waals surface area (Å²) in [5, 5.41) is 0. The van der Waals surface area contributed by atoms with E-state index in [1.54, 1.807) is 24.3 Å². The SMILES string of the molecule is CS(=O)(=O)N1CCN(S(=O)(=O)Cc2cccc(N)c2)CC1. The van der Waals surface area contributed by atoms with Crippen molar-refractivity contribution in [2.75, 3.05) is 38.2 Å². The summed E-state index contributed by atoms with van der Waals surface area (Å²) in [5.41, 5.74) is 6.78. The van der Waals surface area contributed by atoms with Crippen molar-refractivity contribution in [1.82, 2.24) is 8.61 Å². The topological polar surface area (TPSA) is 101 Å². The van der Waals surface area contributed by atoms with Gasteiger partial charge in [0.15, 0.2) is 0 Å². The van der Waals surface area contributed by atoms with Crippen molar-refractivity contribution < 1.29 is 16.8 Å². The van der Waals surface area contributed by atoms with E-state index in [1.807, 2.05) is 0 Å². The standard InChI is InChI=1S/C12H19N3O4S2/c1-20(16,17)14-5-7-15(8-6-14)21(18,19)10-11-3-2-4-12(13)9-11/h2-4,9H,5-8,10,13H2,1H3. The van der Waals surface area contributed by atoms with E-state index < -0.39 is 20.0 Å². The Bertz CT molecular complexity index is 708. The van der Waals surface area contributed by atoms with Crippen LogP contribution in [0.3, 0.4) is 0 Å². The Balaban J connectivity index is 2.05. The van der Waals surface area contributed by atoms with E-state index in [9.17, 15) is 16.8 Å². The molecule has 7 nitrogen and oxygen atoms in total. The Labute approximate surface area is 125 Å². The van der Waals surface area contributed by atoms with Gasteiger partial charge in [-0.1, -0.05) is 12.1 Å². The van der Waals surface area contributed by atoms with Crippen LogP contribution in [0.1, 0.15) is 5.56 Å². The molecule has 0 aliphatic carbocycles. The van der Waals surface area contributed by atoms with Gasteiger partial charge in [0.1, 0.15) is 0 Å². The first kappa shape index (κ1) is 16.2. The van der Waals surface area contributed by atoms with Gasteiger partial charge in [0.2, 0.25) is 20.0 Å². The molecule has 0 spiro atoms. The van der Waals surface area contributed by atoms with E-state index >= 15 is 0 Å². The molecular formula is C12H19N3O4S2. The summed E-state index contributed by atoms with van der Waals surface area (Å²) in [7, 11) is -6.73. The third kappa shape index (κ3) is 4.16. The molecule has 1 heterocycles. The highest BCUT2D eigenvalue weighted by molar-refractivity contribution is 7.88. The van der Waals surface area contributed by atoms with Crippen molar-refractivity contribution in [2.24, 2.45) is 0 Å². The minimum Gasteiger partial charge on any atom is -0.399 e. The highest BCUT2D eigenvalue weighted by Crippen LogP contribution is 2.16. The zero-order chi connectivity index (χ0) is 15.7. The summed E-state index contributed by atoms with van der Waals surface area (Å²) in [6, 6.07) is 6.74. The van der Waals surface area contributed by atoms with E-state index in [-0.39, 0.29) is 31.9 Å². The second kappa shape index (κ2) is 5.91. The normalized spacial score (nSPS) is 18.7. The second-order valence-electron chi connectivity index (χ2n) is 5.06. The van der Waals surface area contributed by atoms with Gasteiger partial charge in [0, 0.05) is 31.9 Å². The summed E-state index contributed by atoms with van der Waals surface area (Å²) >= 11 is 0. The zero-order valence-electron chi connectivity index (χ0n) is 11.8. The van der Waals surface area contributed by atoms with Crippen molar-refractivity contribution in [1.29, 1.82) is 0 Å². The van der Waals surface area contributed by atoms with E-state index in [1.165, 1.54) is 8.61 Å². The van der Waals surface area contributed by atoms with Crippen LogP contribution in [-0.2, 0) is 25.8 Å². The van der Waals surface area contributed by atoms with Crippen LogP contribution in [0, 0.1) is 0 Å². The van der Waals surface area contributed by atoms with Gasteiger partial charge in [0.05, 0.1) is 12.0 Å². The summed E-state index contributed by atoms with van der Waals surface area (Å²) in [6.45, 7) is 0.736. The molecule has 9 heteroatoms. The maximum atomic E-state index is 12.3. The summed E-state index contributed by atoms with van der Waals surface area (Å²) < 4.78 is 50.1. The van der Waals surface area contributed by atoms with Gasteiger partial charge in [-0.15, -0.1) is 0 Å². The number of nitrogens with two attached hydrogens (primary N) is 1. The summed E-state index contributed by atoms with van der Waals surface area (Å²) in [6.07, 6.45) is 1.13. The number of anilines is 1. The second-order valence-corrected chi connectivity index (χ2v) is 9.01. The van der Waals surface area contributed by atoms with Crippen molar-refractivity contribution >= 4 is 25.7 Å². The molecule has 1 saturated heterocycles. The van der Waals surface area contributed by atoms with Gasteiger partial charge in [-0.2, -0.15) is 8.61 Å². The molecule has 21 heavy (non-hydrogen) atoms. The van der Waals surface area contributed by atoms with Crippen LogP contribution in [0.15, 0.2) is 24.3 Å². The Kier molecular flexibility index (Phi) is 4.57. The molecule has 2 rings (SSSR count). The van der Waals surface area contributed by atoms with Crippen molar-refractivity contribution in [3.63, 3.8) is 0 Å². The molecule has 1 aromatic carbocycles. The maximum Gasteiger partial charge on any atom is 0.218 e. The molecule has 1 aromatic rings. The van der Waals surface area contributed by atoms with Crippen molar-refractivity contribution in [3.05, 3.63) is 29.8 Å². The third-order valence-corrected chi connectivity index (χ3v) is 6.51. The van der Waals surface area contributed by atoms with Crippen LogP contribution in [0.4, 0.5) is 5.69 Å². The molecule has 0 bridgehead atoms. The highest BCUT2D eigenvalue weighted by Gasteiger charge is 2.30. The molecular weight excluding hydrogens is 314 g/mol. The number of hydrogen-bond acceptors (Lipinski definition) is 5. The van der Waals surface area contributed by atoms with E-state index in [0.29, 0.717) is 11.3 Å². The van der Waals surface area contributed by atoms with Crippen molar-refractivity contribution in [3.8, 4) is 0 Å². The molecule has 2 N–H and O–H groups in total. The lowest BCUT2D eigenvalue weighted by Gasteiger charge is -2.32. The number of benzene rings is 1. The van der Waals surface area contributed by atoms with Crippen molar-refractivity contribution in [2.45, 2.75) is 5.75 Å². The lowest BCUT2D eigenvalue weighted by atomic mass is 10.2. The fourth-order valence-corrected chi connectivity index (χ4v) is 4.59. The predicted molar refractivity (Wildman–Crippen MR) is 81.5 cm³/mol. The van der Waals surface area contributed by atoms with Gasteiger partial charge in [0.25, 0.3) is 0 Å². The lowest BCUT2D eigenvalue weighted by Crippen LogP contribution is -2.50. The van der Waals surface area contributed by atoms with Crippen LogP contribution < -0.4 is 5.73 Å². The highest BCUT2D eigenvalue weighted by atomic mass is 32.2. The summed E-state index contributed by atoms with van der Waals surface area (Å²) in [4.78, 5) is 0. The Hall–Kier alpha value is -1.16. The number of nitrogens with zero attached hydrogens (tertiary/aromatic N) is 2. The molecule has 1 aliphatic heterocycles. The average Bonchev–Trinajstić information content (AvgIpc) is 2.37. The van der Waals surface area contributed by atoms with E-state index in [0.717, 1.165) is 6.26 Å². The maximum absolute atomic E-state index is 12.3. The fraction of sp³-hybridized carbons (Fsp3) is 0.500. The molecule has 118 valence electrons. The zero-order valence-corrected chi connectivity index (χ0v) is 13.4. The van der Waals surface area contributed by atoms with Crippen LogP contribution in [-0.4, -0.2) is 57.9 Å². The Morgan fingerprint density at radius 2 is 1.62 bits per heavy atom. The van der Waals surface area contributed by atoms with Gasteiger partial charge in [-0.3, -0.25) is 0 Å².